The first-order valence-corrected chi connectivity index (χ1v) is 5.47. The highest BCUT2D eigenvalue weighted by molar-refractivity contribution is 6.04. The van der Waals surface area contributed by atoms with Crippen molar-refractivity contribution >= 4 is 11.5 Å². The largest absolute Gasteiger partial charge is 0.369 e. The molecule has 1 aromatic carbocycles. The van der Waals surface area contributed by atoms with Crippen molar-refractivity contribution in [2.45, 2.75) is 19.1 Å². The summed E-state index contributed by atoms with van der Waals surface area (Å²) in [5.74, 6) is -0.0941. The lowest BCUT2D eigenvalue weighted by atomic mass is 9.83. The third-order valence-electron chi connectivity index (χ3n) is 3.41. The zero-order valence-electron chi connectivity index (χ0n) is 9.10. The Hall–Kier alpha value is -1.61. The second-order valence-electron chi connectivity index (χ2n) is 4.33. The van der Waals surface area contributed by atoms with Gasteiger partial charge in [0, 0.05) is 18.2 Å². The number of hydrogen-bond acceptors (Lipinski definition) is 2. The topological polar surface area (TPSA) is 40.5 Å². The Morgan fingerprint density at radius 2 is 2.25 bits per heavy atom. The minimum Gasteiger partial charge on any atom is -0.369 e. The number of aliphatic hydroxyl groups excluding tert-OH is 1. The maximum atomic E-state index is 12.0. The van der Waals surface area contributed by atoms with Crippen LogP contribution in [-0.2, 0) is 6.42 Å². The molecule has 1 N–H and O–H groups in total. The smallest absolute Gasteiger partial charge is 0.256 e. The van der Waals surface area contributed by atoms with Crippen LogP contribution < -0.4 is 0 Å². The second-order valence-corrected chi connectivity index (χ2v) is 4.33. The van der Waals surface area contributed by atoms with Gasteiger partial charge in [-0.05, 0) is 30.0 Å². The highest BCUT2D eigenvalue weighted by Gasteiger charge is 2.34. The van der Waals surface area contributed by atoms with Crippen molar-refractivity contribution in [2.24, 2.45) is 0 Å². The van der Waals surface area contributed by atoms with Crippen LogP contribution in [0, 0.1) is 0 Å². The predicted molar refractivity (Wildman–Crippen MR) is 60.8 cm³/mol. The van der Waals surface area contributed by atoms with Crippen molar-refractivity contribution in [3.63, 3.8) is 0 Å². The molecule has 0 aromatic heterocycles. The first-order chi connectivity index (χ1) is 7.70. The molecule has 1 atom stereocenters. The average Bonchev–Trinajstić information content (AvgIpc) is 2.33. The molecule has 0 fully saturated rings. The van der Waals surface area contributed by atoms with E-state index in [1.54, 1.807) is 7.05 Å². The van der Waals surface area contributed by atoms with E-state index >= 15 is 0 Å². The molecule has 1 aliphatic carbocycles. The standard InChI is InChI=1S/C13H13NO2/c1-14-12(15)9-6-2-4-8-5-3-7-10(11(8)9)13(14)16/h2,4,6-7,13,16H,3,5H2,1H3. The monoisotopic (exact) mass is 215 g/mol. The van der Waals surface area contributed by atoms with Crippen molar-refractivity contribution in [1.82, 2.24) is 4.90 Å². The highest BCUT2D eigenvalue weighted by atomic mass is 16.3. The summed E-state index contributed by atoms with van der Waals surface area (Å²) in [5, 5.41) is 10.0. The molecule has 82 valence electrons. The number of rotatable bonds is 0. The van der Waals surface area contributed by atoms with E-state index in [0.29, 0.717) is 0 Å². The SMILES string of the molecule is CN1C(=O)c2cccc3c2C(=CCC3)C1O. The van der Waals surface area contributed by atoms with Gasteiger partial charge in [0.2, 0.25) is 0 Å². The summed E-state index contributed by atoms with van der Waals surface area (Å²) >= 11 is 0. The summed E-state index contributed by atoms with van der Waals surface area (Å²) in [6.07, 6.45) is 3.14. The summed E-state index contributed by atoms with van der Waals surface area (Å²) in [6, 6.07) is 5.79. The molecule has 3 heteroatoms. The van der Waals surface area contributed by atoms with Crippen LogP contribution in [-0.4, -0.2) is 29.2 Å². The maximum Gasteiger partial charge on any atom is 0.256 e. The van der Waals surface area contributed by atoms with Crippen molar-refractivity contribution in [1.29, 1.82) is 0 Å². The van der Waals surface area contributed by atoms with Crippen LogP contribution in [0.15, 0.2) is 24.3 Å². The van der Waals surface area contributed by atoms with Crippen LogP contribution in [0.25, 0.3) is 5.57 Å². The Bertz CT molecular complexity index is 505. The van der Waals surface area contributed by atoms with Crippen LogP contribution in [0.3, 0.4) is 0 Å². The number of allylic oxidation sites excluding steroid dienone is 1. The fourth-order valence-corrected chi connectivity index (χ4v) is 2.56. The van der Waals surface area contributed by atoms with Gasteiger partial charge in [-0.1, -0.05) is 18.2 Å². The molecular formula is C13H13NO2. The minimum absolute atomic E-state index is 0.0941. The molecule has 0 spiro atoms. The van der Waals surface area contributed by atoms with E-state index in [1.165, 1.54) is 10.5 Å². The predicted octanol–water partition coefficient (Wildman–Crippen LogP) is 1.42. The molecular weight excluding hydrogens is 202 g/mol. The lowest BCUT2D eigenvalue weighted by molar-refractivity contribution is 0.0419. The molecule has 0 saturated carbocycles. The van der Waals surface area contributed by atoms with E-state index < -0.39 is 6.23 Å². The van der Waals surface area contributed by atoms with Gasteiger partial charge in [0.15, 0.2) is 6.23 Å². The van der Waals surface area contributed by atoms with E-state index in [9.17, 15) is 9.90 Å². The molecule has 0 radical (unpaired) electrons. The molecule has 16 heavy (non-hydrogen) atoms. The lowest BCUT2D eigenvalue weighted by Gasteiger charge is -2.35. The van der Waals surface area contributed by atoms with Crippen LogP contribution in [0.5, 0.6) is 0 Å². The quantitative estimate of drug-likeness (QED) is 0.711. The summed E-state index contributed by atoms with van der Waals surface area (Å²) in [5.41, 5.74) is 3.75. The Kier molecular flexibility index (Phi) is 1.91. The molecule has 0 saturated heterocycles. The van der Waals surface area contributed by atoms with Gasteiger partial charge in [-0.25, -0.2) is 0 Å². The number of nitrogens with zero attached hydrogens (tertiary/aromatic N) is 1. The fourth-order valence-electron chi connectivity index (χ4n) is 2.56. The Morgan fingerprint density at radius 3 is 3.06 bits per heavy atom. The first-order valence-electron chi connectivity index (χ1n) is 5.47. The van der Waals surface area contributed by atoms with Gasteiger partial charge < -0.3 is 10.0 Å². The Labute approximate surface area is 94.0 Å². The zero-order chi connectivity index (χ0) is 11.3. The summed E-state index contributed by atoms with van der Waals surface area (Å²) in [7, 11) is 1.64. The third kappa shape index (κ3) is 1.09. The molecule has 3 rings (SSSR count). The van der Waals surface area contributed by atoms with E-state index in [1.807, 2.05) is 24.3 Å². The zero-order valence-corrected chi connectivity index (χ0v) is 9.10. The number of aryl methyl sites for hydroxylation is 1. The lowest BCUT2D eigenvalue weighted by Crippen LogP contribution is -2.42. The molecule has 3 nitrogen and oxygen atoms in total. The van der Waals surface area contributed by atoms with E-state index in [2.05, 4.69) is 0 Å². The molecule has 1 heterocycles. The molecule has 1 unspecified atom stereocenters. The third-order valence-corrected chi connectivity index (χ3v) is 3.41. The van der Waals surface area contributed by atoms with Crippen molar-refractivity contribution in [3.8, 4) is 0 Å². The van der Waals surface area contributed by atoms with Crippen molar-refractivity contribution in [2.75, 3.05) is 7.05 Å². The first kappa shape index (κ1) is 9.60. The number of carbonyl (C=O) groups is 1. The van der Waals surface area contributed by atoms with Gasteiger partial charge >= 0.3 is 0 Å². The summed E-state index contributed by atoms with van der Waals surface area (Å²) in [4.78, 5) is 13.4. The van der Waals surface area contributed by atoms with Gasteiger partial charge in [-0.2, -0.15) is 0 Å². The van der Waals surface area contributed by atoms with Gasteiger partial charge in [0.1, 0.15) is 0 Å². The van der Waals surface area contributed by atoms with E-state index in [4.69, 9.17) is 0 Å². The van der Waals surface area contributed by atoms with E-state index in [0.717, 1.165) is 29.5 Å². The van der Waals surface area contributed by atoms with Crippen LogP contribution in [0.1, 0.15) is 27.9 Å². The number of likely N-dealkylation sites (N-methyl/N-ethyl adjacent to an activating group) is 1. The molecule has 0 bridgehead atoms. The van der Waals surface area contributed by atoms with Crippen molar-refractivity contribution < 1.29 is 9.90 Å². The minimum atomic E-state index is -0.790. The highest BCUT2D eigenvalue weighted by Crippen LogP contribution is 2.36. The summed E-state index contributed by atoms with van der Waals surface area (Å²) < 4.78 is 0. The second kappa shape index (κ2) is 3.19. The Balaban J connectivity index is 2.31. The van der Waals surface area contributed by atoms with Crippen LogP contribution >= 0.6 is 0 Å². The van der Waals surface area contributed by atoms with Gasteiger partial charge in [0.05, 0.1) is 0 Å². The molecule has 1 aliphatic heterocycles. The fraction of sp³-hybridized carbons (Fsp3) is 0.308. The van der Waals surface area contributed by atoms with Crippen LogP contribution in [0.4, 0.5) is 0 Å². The maximum absolute atomic E-state index is 12.0. The average molecular weight is 215 g/mol. The van der Waals surface area contributed by atoms with Crippen molar-refractivity contribution in [3.05, 3.63) is 41.0 Å². The van der Waals surface area contributed by atoms with Gasteiger partial charge in [-0.15, -0.1) is 0 Å². The number of amides is 1. The number of carbonyl (C=O) groups excluding carboxylic acids is 1. The molecule has 1 aromatic rings. The van der Waals surface area contributed by atoms with Gasteiger partial charge in [-0.3, -0.25) is 4.79 Å². The van der Waals surface area contributed by atoms with E-state index in [-0.39, 0.29) is 5.91 Å². The number of aliphatic hydroxyl groups is 1. The number of hydrogen-bond donors (Lipinski definition) is 1. The van der Waals surface area contributed by atoms with Crippen LogP contribution in [0.2, 0.25) is 0 Å². The normalized spacial score (nSPS) is 22.9. The molecule has 1 amide bonds. The number of benzene rings is 1. The Morgan fingerprint density at radius 1 is 1.44 bits per heavy atom. The summed E-state index contributed by atoms with van der Waals surface area (Å²) in [6.45, 7) is 0. The van der Waals surface area contributed by atoms with Gasteiger partial charge in [0.25, 0.3) is 5.91 Å². The molecule has 2 aliphatic rings.